The molecule has 0 unspecified atom stereocenters. The van der Waals surface area contributed by atoms with Crippen molar-refractivity contribution in [2.45, 2.75) is 13.3 Å². The summed E-state index contributed by atoms with van der Waals surface area (Å²) in [7, 11) is 0. The number of carbonyl (C=O) groups is 1. The minimum Gasteiger partial charge on any atom is -0.390 e. The molecule has 1 amide bonds. The minimum atomic E-state index is -0.538. The summed E-state index contributed by atoms with van der Waals surface area (Å²) in [5.41, 5.74) is 0.357. The van der Waals surface area contributed by atoms with Gasteiger partial charge in [-0.2, -0.15) is 5.26 Å². The van der Waals surface area contributed by atoms with Crippen molar-refractivity contribution in [2.24, 2.45) is 0 Å². The molecule has 0 atom stereocenters. The molecule has 1 aromatic rings. The van der Waals surface area contributed by atoms with Gasteiger partial charge in [0.05, 0.1) is 10.7 Å². The topological polar surface area (TPSA) is 74.1 Å². The first-order valence-electron chi connectivity index (χ1n) is 6.76. The first kappa shape index (κ1) is 18.3. The zero-order valence-corrected chi connectivity index (χ0v) is 13.7. The number of hydrogen-bond donors (Lipinski definition) is 2. The van der Waals surface area contributed by atoms with Crippen molar-refractivity contribution in [1.29, 1.82) is 5.26 Å². The Morgan fingerprint density at radius 2 is 2.23 bits per heavy atom. The molecular formula is C15H17Cl2N3O2. The number of amides is 1. The van der Waals surface area contributed by atoms with Gasteiger partial charge in [-0.25, -0.2) is 0 Å². The number of rotatable bonds is 8. The molecule has 0 aromatic heterocycles. The summed E-state index contributed by atoms with van der Waals surface area (Å²) in [6, 6.07) is 6.53. The van der Waals surface area contributed by atoms with E-state index in [2.05, 4.69) is 10.6 Å². The fraction of sp³-hybridized carbons (Fsp3) is 0.333. The summed E-state index contributed by atoms with van der Waals surface area (Å²) >= 11 is 11.7. The van der Waals surface area contributed by atoms with Gasteiger partial charge < -0.3 is 15.4 Å². The summed E-state index contributed by atoms with van der Waals surface area (Å²) < 4.78 is 5.19. The number of ether oxygens (including phenoxy) is 1. The van der Waals surface area contributed by atoms with Crippen LogP contribution in [0.1, 0.15) is 13.3 Å². The lowest BCUT2D eigenvalue weighted by Crippen LogP contribution is -2.18. The summed E-state index contributed by atoms with van der Waals surface area (Å²) in [5.74, 6) is -0.538. The Hall–Kier alpha value is -1.74. The number of nitriles is 1. The van der Waals surface area contributed by atoms with Gasteiger partial charge >= 0.3 is 0 Å². The molecule has 0 bridgehead atoms. The van der Waals surface area contributed by atoms with Crippen LogP contribution in [0.5, 0.6) is 0 Å². The predicted molar refractivity (Wildman–Crippen MR) is 87.9 cm³/mol. The van der Waals surface area contributed by atoms with Crippen LogP contribution in [0.2, 0.25) is 10.0 Å². The van der Waals surface area contributed by atoms with E-state index in [0.29, 0.717) is 35.5 Å². The Bertz CT molecular complexity index is 583. The van der Waals surface area contributed by atoms with Gasteiger partial charge in [-0.1, -0.05) is 23.2 Å². The van der Waals surface area contributed by atoms with Crippen molar-refractivity contribution < 1.29 is 9.53 Å². The second kappa shape index (κ2) is 10.1. The average Bonchev–Trinajstić information content (AvgIpc) is 2.49. The van der Waals surface area contributed by atoms with Crippen LogP contribution < -0.4 is 10.6 Å². The number of nitrogens with zero attached hydrogens (tertiary/aromatic N) is 1. The normalized spacial score (nSPS) is 10.9. The van der Waals surface area contributed by atoms with Gasteiger partial charge in [0, 0.05) is 31.0 Å². The number of halogens is 2. The molecule has 5 nitrogen and oxygen atoms in total. The number of carbonyl (C=O) groups excluding carboxylic acids is 1. The smallest absolute Gasteiger partial charge is 0.267 e. The standard InChI is InChI=1S/C15H17Cl2N3O2/c1-2-22-7-3-6-19-10-11(9-18)15(21)20-14-5-4-12(16)8-13(14)17/h4-5,8,10,19H,2-3,6-7H2,1H3,(H,20,21)/b11-10-. The highest BCUT2D eigenvalue weighted by atomic mass is 35.5. The summed E-state index contributed by atoms with van der Waals surface area (Å²) in [5, 5.41) is 15.3. The highest BCUT2D eigenvalue weighted by Crippen LogP contribution is 2.25. The fourth-order valence-corrected chi connectivity index (χ4v) is 1.98. The van der Waals surface area contributed by atoms with E-state index >= 15 is 0 Å². The lowest BCUT2D eigenvalue weighted by Gasteiger charge is -2.07. The van der Waals surface area contributed by atoms with Gasteiger partial charge in [-0.05, 0) is 31.5 Å². The van der Waals surface area contributed by atoms with Gasteiger partial charge in [-0.15, -0.1) is 0 Å². The number of nitrogens with one attached hydrogen (secondary N) is 2. The maximum atomic E-state index is 12.0. The maximum absolute atomic E-state index is 12.0. The van der Waals surface area contributed by atoms with Crippen molar-refractivity contribution in [1.82, 2.24) is 5.32 Å². The van der Waals surface area contributed by atoms with Crippen molar-refractivity contribution in [3.05, 3.63) is 40.0 Å². The van der Waals surface area contributed by atoms with Crippen LogP contribution in [-0.2, 0) is 9.53 Å². The molecule has 2 N–H and O–H groups in total. The van der Waals surface area contributed by atoms with E-state index in [0.717, 1.165) is 6.42 Å². The van der Waals surface area contributed by atoms with Crippen molar-refractivity contribution in [3.63, 3.8) is 0 Å². The van der Waals surface area contributed by atoms with Gasteiger partial charge in [0.1, 0.15) is 11.6 Å². The van der Waals surface area contributed by atoms with Crippen molar-refractivity contribution in [3.8, 4) is 6.07 Å². The van der Waals surface area contributed by atoms with Crippen LogP contribution in [0.3, 0.4) is 0 Å². The molecule has 0 aliphatic heterocycles. The monoisotopic (exact) mass is 341 g/mol. The molecule has 1 rings (SSSR count). The van der Waals surface area contributed by atoms with Crippen LogP contribution in [-0.4, -0.2) is 25.7 Å². The highest BCUT2D eigenvalue weighted by molar-refractivity contribution is 6.36. The second-order valence-electron chi connectivity index (χ2n) is 4.25. The molecule has 0 aliphatic rings. The number of benzene rings is 1. The van der Waals surface area contributed by atoms with E-state index < -0.39 is 5.91 Å². The lowest BCUT2D eigenvalue weighted by atomic mass is 10.2. The molecule has 118 valence electrons. The van der Waals surface area contributed by atoms with Gasteiger partial charge in [0.2, 0.25) is 0 Å². The predicted octanol–water partition coefficient (Wildman–Crippen LogP) is 3.36. The third-order valence-electron chi connectivity index (χ3n) is 2.60. The molecule has 0 heterocycles. The zero-order chi connectivity index (χ0) is 16.4. The molecule has 0 fully saturated rings. The molecular weight excluding hydrogens is 325 g/mol. The van der Waals surface area contributed by atoms with Crippen molar-refractivity contribution >= 4 is 34.8 Å². The van der Waals surface area contributed by atoms with E-state index in [1.807, 2.05) is 13.0 Å². The van der Waals surface area contributed by atoms with E-state index in [9.17, 15) is 4.79 Å². The number of hydrogen-bond acceptors (Lipinski definition) is 4. The SMILES string of the molecule is CCOCCCN/C=C(/C#N)C(=O)Nc1ccc(Cl)cc1Cl. The molecule has 1 aromatic carbocycles. The first-order chi connectivity index (χ1) is 10.6. The second-order valence-corrected chi connectivity index (χ2v) is 5.10. The van der Waals surface area contributed by atoms with Crippen LogP contribution in [0.15, 0.2) is 30.0 Å². The fourth-order valence-electron chi connectivity index (χ4n) is 1.52. The first-order valence-corrected chi connectivity index (χ1v) is 7.52. The molecule has 0 spiro atoms. The maximum Gasteiger partial charge on any atom is 0.267 e. The Morgan fingerprint density at radius 1 is 1.45 bits per heavy atom. The summed E-state index contributed by atoms with van der Waals surface area (Å²) in [4.78, 5) is 12.0. The third kappa shape index (κ3) is 6.35. The third-order valence-corrected chi connectivity index (χ3v) is 3.15. The van der Waals surface area contributed by atoms with Crippen LogP contribution in [0.4, 0.5) is 5.69 Å². The van der Waals surface area contributed by atoms with E-state index in [1.165, 1.54) is 12.3 Å². The van der Waals surface area contributed by atoms with Gasteiger partial charge in [0.15, 0.2) is 0 Å². The van der Waals surface area contributed by atoms with Crippen LogP contribution in [0, 0.1) is 11.3 Å². The average molecular weight is 342 g/mol. The highest BCUT2D eigenvalue weighted by Gasteiger charge is 2.11. The van der Waals surface area contributed by atoms with E-state index in [1.54, 1.807) is 12.1 Å². The molecule has 22 heavy (non-hydrogen) atoms. The van der Waals surface area contributed by atoms with E-state index in [4.69, 9.17) is 33.2 Å². The summed E-state index contributed by atoms with van der Waals surface area (Å²) in [6.45, 7) is 3.84. The Kier molecular flexibility index (Phi) is 8.38. The number of anilines is 1. The summed E-state index contributed by atoms with van der Waals surface area (Å²) in [6.07, 6.45) is 2.17. The van der Waals surface area contributed by atoms with Gasteiger partial charge in [0.25, 0.3) is 5.91 Å². The van der Waals surface area contributed by atoms with Crippen LogP contribution >= 0.6 is 23.2 Å². The van der Waals surface area contributed by atoms with Gasteiger partial charge in [-0.3, -0.25) is 4.79 Å². The molecule has 0 radical (unpaired) electrons. The largest absolute Gasteiger partial charge is 0.390 e. The Balaban J connectivity index is 2.55. The molecule has 0 aliphatic carbocycles. The zero-order valence-electron chi connectivity index (χ0n) is 12.2. The Morgan fingerprint density at radius 3 is 2.86 bits per heavy atom. The molecule has 7 heteroatoms. The van der Waals surface area contributed by atoms with Crippen molar-refractivity contribution in [2.75, 3.05) is 25.1 Å². The minimum absolute atomic E-state index is 0.0394. The Labute approximate surface area is 139 Å². The quantitative estimate of drug-likeness (QED) is 0.432. The van der Waals surface area contributed by atoms with E-state index in [-0.39, 0.29) is 5.57 Å². The lowest BCUT2D eigenvalue weighted by molar-refractivity contribution is -0.112. The molecule has 0 saturated heterocycles. The van der Waals surface area contributed by atoms with Crippen LogP contribution in [0.25, 0.3) is 0 Å². The molecule has 0 saturated carbocycles.